The lowest BCUT2D eigenvalue weighted by Crippen LogP contribution is -2.45. The van der Waals surface area contributed by atoms with Gasteiger partial charge < -0.3 is 16.1 Å². The summed E-state index contributed by atoms with van der Waals surface area (Å²) in [5.74, 6) is -1.27. The zero-order valence-corrected chi connectivity index (χ0v) is 17.4. The molecule has 0 aromatic heterocycles. The molecule has 0 radical (unpaired) electrons. The summed E-state index contributed by atoms with van der Waals surface area (Å²) in [6.07, 6.45) is 0. The summed E-state index contributed by atoms with van der Waals surface area (Å²) in [5, 5.41) is 5.60. The van der Waals surface area contributed by atoms with Gasteiger partial charge in [-0.25, -0.2) is 4.39 Å². The van der Waals surface area contributed by atoms with Crippen molar-refractivity contribution in [2.45, 2.75) is 5.50 Å². The molecular weight excluding hydrogens is 447 g/mol. The third kappa shape index (κ3) is 6.40. The van der Waals surface area contributed by atoms with E-state index >= 15 is 0 Å². The Balaban J connectivity index is 1.65. The predicted molar refractivity (Wildman–Crippen MR) is 118 cm³/mol. The van der Waals surface area contributed by atoms with Crippen LogP contribution in [0.15, 0.2) is 72.8 Å². The second-order valence-electron chi connectivity index (χ2n) is 6.33. The van der Waals surface area contributed by atoms with Crippen LogP contribution >= 0.6 is 11.6 Å². The van der Waals surface area contributed by atoms with Crippen molar-refractivity contribution in [3.63, 3.8) is 0 Å². The SMILES string of the molecule is O=C(Nc1ccc(NC(NNc2cccc(Cl)c2)S(=O)(=O)O)cc1)c1ccccc1F. The van der Waals surface area contributed by atoms with Crippen LogP contribution in [0.4, 0.5) is 21.5 Å². The number of carbonyl (C=O) groups is 1. The smallest absolute Gasteiger partial charge is 0.301 e. The third-order valence-corrected chi connectivity index (χ3v) is 5.10. The predicted octanol–water partition coefficient (Wildman–Crippen LogP) is 3.93. The number of nitrogens with one attached hydrogen (secondary N) is 4. The number of hydrazine groups is 1. The molecule has 8 nitrogen and oxygen atoms in total. The molecule has 1 atom stereocenters. The molecule has 0 aliphatic rings. The first kappa shape index (κ1) is 22.5. The van der Waals surface area contributed by atoms with Gasteiger partial charge in [-0.1, -0.05) is 29.8 Å². The van der Waals surface area contributed by atoms with E-state index in [1.807, 2.05) is 0 Å². The molecule has 1 amide bonds. The largest absolute Gasteiger partial charge is 0.354 e. The summed E-state index contributed by atoms with van der Waals surface area (Å²) >= 11 is 5.88. The molecule has 0 saturated heterocycles. The quantitative estimate of drug-likeness (QED) is 0.194. The van der Waals surface area contributed by atoms with Crippen molar-refractivity contribution < 1.29 is 22.2 Å². The summed E-state index contributed by atoms with van der Waals surface area (Å²) < 4.78 is 46.6. The third-order valence-electron chi connectivity index (χ3n) is 4.03. The van der Waals surface area contributed by atoms with Gasteiger partial charge in [0.1, 0.15) is 5.82 Å². The Morgan fingerprint density at radius 2 is 1.61 bits per heavy atom. The highest BCUT2D eigenvalue weighted by molar-refractivity contribution is 7.86. The van der Waals surface area contributed by atoms with Crippen LogP contribution in [-0.4, -0.2) is 24.4 Å². The fourth-order valence-electron chi connectivity index (χ4n) is 2.55. The molecule has 0 saturated carbocycles. The lowest BCUT2D eigenvalue weighted by Gasteiger charge is -2.20. The Morgan fingerprint density at radius 1 is 0.935 bits per heavy atom. The molecule has 162 valence electrons. The maximum absolute atomic E-state index is 13.7. The molecule has 3 aromatic rings. The van der Waals surface area contributed by atoms with E-state index in [4.69, 9.17) is 11.6 Å². The first-order valence-electron chi connectivity index (χ1n) is 8.88. The van der Waals surface area contributed by atoms with Crippen molar-refractivity contribution in [3.8, 4) is 0 Å². The highest BCUT2D eigenvalue weighted by atomic mass is 35.5. The van der Waals surface area contributed by atoms with E-state index in [0.29, 0.717) is 22.1 Å². The van der Waals surface area contributed by atoms with Gasteiger partial charge in [0.05, 0.1) is 11.3 Å². The molecule has 0 spiro atoms. The Labute approximate surface area is 183 Å². The van der Waals surface area contributed by atoms with E-state index in [0.717, 1.165) is 0 Å². The van der Waals surface area contributed by atoms with Crippen molar-refractivity contribution in [1.82, 2.24) is 5.43 Å². The van der Waals surface area contributed by atoms with Crippen LogP contribution in [0.1, 0.15) is 10.4 Å². The van der Waals surface area contributed by atoms with Crippen molar-refractivity contribution >= 4 is 44.7 Å². The average molecular weight is 465 g/mol. The zero-order valence-electron chi connectivity index (χ0n) is 15.8. The molecule has 1 unspecified atom stereocenters. The lowest BCUT2D eigenvalue weighted by molar-refractivity contribution is 0.102. The van der Waals surface area contributed by atoms with Gasteiger partial charge in [-0.05, 0) is 54.6 Å². The van der Waals surface area contributed by atoms with Crippen molar-refractivity contribution in [2.75, 3.05) is 16.1 Å². The summed E-state index contributed by atoms with van der Waals surface area (Å²) in [6, 6.07) is 18.0. The number of halogens is 2. The van der Waals surface area contributed by atoms with E-state index in [1.54, 1.807) is 30.3 Å². The van der Waals surface area contributed by atoms with E-state index in [1.165, 1.54) is 42.5 Å². The fourth-order valence-corrected chi connectivity index (χ4v) is 3.23. The molecule has 5 N–H and O–H groups in total. The number of hydrogen-bond acceptors (Lipinski definition) is 6. The molecule has 0 aliphatic heterocycles. The second kappa shape index (κ2) is 9.75. The van der Waals surface area contributed by atoms with Crippen molar-refractivity contribution in [3.05, 3.63) is 89.2 Å². The minimum Gasteiger partial charge on any atom is -0.354 e. The van der Waals surface area contributed by atoms with Crippen LogP contribution in [0.25, 0.3) is 0 Å². The number of carbonyl (C=O) groups excluding carboxylic acids is 1. The minimum atomic E-state index is -4.54. The molecule has 31 heavy (non-hydrogen) atoms. The number of rotatable bonds is 8. The number of anilines is 3. The topological polar surface area (TPSA) is 120 Å². The van der Waals surface area contributed by atoms with Crippen LogP contribution in [0, 0.1) is 5.82 Å². The number of benzene rings is 3. The van der Waals surface area contributed by atoms with Gasteiger partial charge in [0.2, 0.25) is 5.50 Å². The summed E-state index contributed by atoms with van der Waals surface area (Å²) in [4.78, 5) is 12.2. The van der Waals surface area contributed by atoms with Gasteiger partial charge in [0.15, 0.2) is 0 Å². The standard InChI is InChI=1S/C20H18ClFN4O4S/c21-13-4-3-5-16(12-13)25-26-20(31(28,29)30)24-15-10-8-14(9-11-15)23-19(27)17-6-1-2-7-18(17)22/h1-12,20,24-26H,(H,23,27)(H,28,29,30). The van der Waals surface area contributed by atoms with E-state index < -0.39 is 27.3 Å². The average Bonchev–Trinajstić information content (AvgIpc) is 2.72. The Bertz CT molecular complexity index is 1180. The molecule has 3 aromatic carbocycles. The van der Waals surface area contributed by atoms with Crippen LogP contribution in [0.3, 0.4) is 0 Å². The highest BCUT2D eigenvalue weighted by Gasteiger charge is 2.22. The lowest BCUT2D eigenvalue weighted by atomic mass is 10.2. The Hall–Kier alpha value is -3.18. The van der Waals surface area contributed by atoms with E-state index in [9.17, 15) is 22.2 Å². The normalized spacial score (nSPS) is 12.1. The summed E-state index contributed by atoms with van der Waals surface area (Å²) in [7, 11) is -4.54. The van der Waals surface area contributed by atoms with Gasteiger partial charge in [-0.2, -0.15) is 13.8 Å². The fraction of sp³-hybridized carbons (Fsp3) is 0.0500. The summed E-state index contributed by atoms with van der Waals surface area (Å²) in [6.45, 7) is 0. The molecule has 0 bridgehead atoms. The second-order valence-corrected chi connectivity index (χ2v) is 8.27. The maximum Gasteiger partial charge on any atom is 0.301 e. The van der Waals surface area contributed by atoms with E-state index in [-0.39, 0.29) is 5.56 Å². The van der Waals surface area contributed by atoms with Crippen molar-refractivity contribution in [1.29, 1.82) is 0 Å². The zero-order chi connectivity index (χ0) is 22.4. The first-order chi connectivity index (χ1) is 14.7. The molecule has 11 heteroatoms. The molecule has 0 aliphatic carbocycles. The van der Waals surface area contributed by atoms with Crippen LogP contribution < -0.4 is 21.5 Å². The van der Waals surface area contributed by atoms with Gasteiger partial charge in [-0.15, -0.1) is 0 Å². The van der Waals surface area contributed by atoms with Crippen LogP contribution in [-0.2, 0) is 10.1 Å². The Morgan fingerprint density at radius 3 is 2.26 bits per heavy atom. The maximum atomic E-state index is 13.7. The molecular formula is C20H18ClFN4O4S. The van der Waals surface area contributed by atoms with Gasteiger partial charge >= 0.3 is 10.1 Å². The number of hydrogen-bond donors (Lipinski definition) is 5. The molecule has 0 heterocycles. The molecule has 3 rings (SSSR count). The highest BCUT2D eigenvalue weighted by Crippen LogP contribution is 2.18. The monoisotopic (exact) mass is 464 g/mol. The molecule has 0 fully saturated rings. The number of amides is 1. The summed E-state index contributed by atoms with van der Waals surface area (Å²) in [5.41, 5.74) is 4.58. The van der Waals surface area contributed by atoms with Crippen molar-refractivity contribution in [2.24, 2.45) is 0 Å². The van der Waals surface area contributed by atoms with Gasteiger partial charge in [-0.3, -0.25) is 9.35 Å². The van der Waals surface area contributed by atoms with Crippen LogP contribution in [0.2, 0.25) is 5.02 Å². The van der Waals surface area contributed by atoms with E-state index in [2.05, 4.69) is 21.5 Å². The van der Waals surface area contributed by atoms with Crippen LogP contribution in [0.5, 0.6) is 0 Å². The minimum absolute atomic E-state index is 0.104. The first-order valence-corrected chi connectivity index (χ1v) is 10.8. The van der Waals surface area contributed by atoms with Gasteiger partial charge in [0, 0.05) is 16.4 Å². The Kier molecular flexibility index (Phi) is 7.08. The van der Waals surface area contributed by atoms with Gasteiger partial charge in [0.25, 0.3) is 5.91 Å².